The molecule has 118 valence electrons. The van der Waals surface area contributed by atoms with Crippen LogP contribution in [0.1, 0.15) is 24.4 Å². The number of aryl methyl sites for hydroxylation is 1. The van der Waals surface area contributed by atoms with Gasteiger partial charge in [-0.15, -0.1) is 11.3 Å². The lowest BCUT2D eigenvalue weighted by Crippen LogP contribution is -2.45. The number of morpholine rings is 1. The van der Waals surface area contributed by atoms with Gasteiger partial charge in [0.05, 0.1) is 41.3 Å². The summed E-state index contributed by atoms with van der Waals surface area (Å²) in [6, 6.07) is 8.52. The number of thiazole rings is 1. The minimum absolute atomic E-state index is 0.264. The number of para-hydroxylation sites is 2. The maximum atomic E-state index is 5.84. The van der Waals surface area contributed by atoms with E-state index >= 15 is 0 Å². The molecular formula is C17H23N3OS. The number of hydrogen-bond acceptors (Lipinski definition) is 5. The van der Waals surface area contributed by atoms with Crippen molar-refractivity contribution in [3.8, 4) is 0 Å². The largest absolute Gasteiger partial charge is 0.378 e. The van der Waals surface area contributed by atoms with E-state index in [1.54, 1.807) is 11.3 Å². The molecule has 0 radical (unpaired) electrons. The molecule has 1 fully saturated rings. The molecule has 0 spiro atoms. The van der Waals surface area contributed by atoms with Crippen molar-refractivity contribution < 1.29 is 4.74 Å². The van der Waals surface area contributed by atoms with Gasteiger partial charge in [-0.05, 0) is 32.9 Å². The van der Waals surface area contributed by atoms with E-state index in [9.17, 15) is 0 Å². The van der Waals surface area contributed by atoms with Crippen LogP contribution in [0.25, 0.3) is 0 Å². The van der Waals surface area contributed by atoms with E-state index in [1.165, 1.54) is 16.3 Å². The second-order valence-electron chi connectivity index (χ2n) is 5.89. The minimum atomic E-state index is 0.264. The lowest BCUT2D eigenvalue weighted by molar-refractivity contribution is -0.00517. The fourth-order valence-corrected chi connectivity index (χ4v) is 3.66. The van der Waals surface area contributed by atoms with Gasteiger partial charge >= 0.3 is 0 Å². The van der Waals surface area contributed by atoms with Crippen LogP contribution in [0.15, 0.2) is 29.8 Å². The van der Waals surface area contributed by atoms with Crippen molar-refractivity contribution >= 4 is 22.7 Å². The average molecular weight is 317 g/mol. The molecule has 0 bridgehead atoms. The Bertz CT molecular complexity index is 618. The quantitative estimate of drug-likeness (QED) is 0.933. The molecular weight excluding hydrogens is 294 g/mol. The van der Waals surface area contributed by atoms with Gasteiger partial charge in [0.15, 0.2) is 0 Å². The van der Waals surface area contributed by atoms with Gasteiger partial charge in [0, 0.05) is 18.0 Å². The summed E-state index contributed by atoms with van der Waals surface area (Å²) >= 11 is 1.70. The van der Waals surface area contributed by atoms with E-state index in [0.29, 0.717) is 0 Å². The van der Waals surface area contributed by atoms with Crippen LogP contribution in [-0.2, 0) is 11.3 Å². The summed E-state index contributed by atoms with van der Waals surface area (Å²) in [6.45, 7) is 9.03. The van der Waals surface area contributed by atoms with E-state index in [2.05, 4.69) is 60.2 Å². The zero-order valence-electron chi connectivity index (χ0n) is 13.4. The molecule has 0 aliphatic carbocycles. The smallest absolute Gasteiger partial charge is 0.0798 e. The number of hydrogen-bond donors (Lipinski definition) is 1. The molecule has 0 saturated carbocycles. The van der Waals surface area contributed by atoms with Crippen LogP contribution in [0.2, 0.25) is 0 Å². The van der Waals surface area contributed by atoms with E-state index in [-0.39, 0.29) is 12.2 Å². The van der Waals surface area contributed by atoms with Crippen molar-refractivity contribution in [2.24, 2.45) is 0 Å². The van der Waals surface area contributed by atoms with Crippen LogP contribution in [0.4, 0.5) is 11.4 Å². The third-order valence-corrected chi connectivity index (χ3v) is 4.88. The maximum Gasteiger partial charge on any atom is 0.0798 e. The molecule has 1 N–H and O–H groups in total. The molecule has 2 heterocycles. The highest BCUT2D eigenvalue weighted by atomic mass is 32.1. The highest BCUT2D eigenvalue weighted by molar-refractivity contribution is 7.09. The van der Waals surface area contributed by atoms with Crippen LogP contribution in [0.5, 0.6) is 0 Å². The van der Waals surface area contributed by atoms with Gasteiger partial charge < -0.3 is 15.0 Å². The van der Waals surface area contributed by atoms with Crippen LogP contribution < -0.4 is 10.2 Å². The van der Waals surface area contributed by atoms with Crippen LogP contribution in [0.3, 0.4) is 0 Å². The normalized spacial score (nSPS) is 21.9. The Morgan fingerprint density at radius 3 is 2.68 bits per heavy atom. The summed E-state index contributed by atoms with van der Waals surface area (Å²) in [5.74, 6) is 0. The van der Waals surface area contributed by atoms with Crippen molar-refractivity contribution in [1.82, 2.24) is 4.98 Å². The Morgan fingerprint density at radius 1 is 1.27 bits per heavy atom. The van der Waals surface area contributed by atoms with Crippen molar-refractivity contribution in [1.29, 1.82) is 0 Å². The van der Waals surface area contributed by atoms with Crippen LogP contribution >= 0.6 is 11.3 Å². The van der Waals surface area contributed by atoms with Gasteiger partial charge in [-0.2, -0.15) is 0 Å². The topological polar surface area (TPSA) is 37.4 Å². The monoisotopic (exact) mass is 317 g/mol. The molecule has 0 amide bonds. The number of nitrogens with one attached hydrogen (secondary N) is 1. The fourth-order valence-electron chi connectivity index (χ4n) is 2.94. The van der Waals surface area contributed by atoms with Gasteiger partial charge in [0.1, 0.15) is 0 Å². The number of ether oxygens (including phenoxy) is 1. The van der Waals surface area contributed by atoms with Crippen molar-refractivity contribution in [2.45, 2.75) is 39.5 Å². The highest BCUT2D eigenvalue weighted by Gasteiger charge is 2.23. The second-order valence-corrected chi connectivity index (χ2v) is 6.83. The maximum absolute atomic E-state index is 5.84. The Kier molecular flexibility index (Phi) is 4.64. The van der Waals surface area contributed by atoms with Gasteiger partial charge in [-0.1, -0.05) is 12.1 Å². The Morgan fingerprint density at radius 2 is 2.00 bits per heavy atom. The number of rotatable bonds is 4. The third kappa shape index (κ3) is 3.42. The van der Waals surface area contributed by atoms with Crippen molar-refractivity contribution in [2.75, 3.05) is 23.3 Å². The summed E-state index contributed by atoms with van der Waals surface area (Å²) in [5.41, 5.74) is 5.45. The molecule has 1 saturated heterocycles. The third-order valence-electron chi connectivity index (χ3n) is 3.95. The Hall–Kier alpha value is -1.59. The number of anilines is 2. The molecule has 1 aliphatic rings. The van der Waals surface area contributed by atoms with Gasteiger partial charge in [-0.3, -0.25) is 0 Å². The molecule has 1 aromatic heterocycles. The molecule has 3 rings (SSSR count). The molecule has 4 nitrogen and oxygen atoms in total. The van der Waals surface area contributed by atoms with Gasteiger partial charge in [0.25, 0.3) is 0 Å². The first kappa shape index (κ1) is 15.3. The second kappa shape index (κ2) is 6.67. The van der Waals surface area contributed by atoms with Gasteiger partial charge in [0.2, 0.25) is 0 Å². The van der Waals surface area contributed by atoms with Crippen LogP contribution in [-0.4, -0.2) is 30.3 Å². The van der Waals surface area contributed by atoms with E-state index in [1.807, 2.05) is 5.51 Å². The molecule has 2 aromatic rings. The first-order valence-electron chi connectivity index (χ1n) is 7.75. The summed E-state index contributed by atoms with van der Waals surface area (Å²) < 4.78 is 5.84. The van der Waals surface area contributed by atoms with Crippen molar-refractivity contribution in [3.05, 3.63) is 40.3 Å². The van der Waals surface area contributed by atoms with Crippen molar-refractivity contribution in [3.63, 3.8) is 0 Å². The standard InChI is InChI=1S/C17H23N3OS/c1-12-9-20(10-13(2)21-12)16-7-5-4-6-15(16)18-8-17-14(3)19-11-22-17/h4-7,11-13,18H,8-10H2,1-3H3/t12-,13+. The molecule has 1 aromatic carbocycles. The predicted octanol–water partition coefficient (Wildman–Crippen LogP) is 3.68. The highest BCUT2D eigenvalue weighted by Crippen LogP contribution is 2.29. The van der Waals surface area contributed by atoms with E-state index in [0.717, 1.165) is 25.3 Å². The number of aromatic nitrogens is 1. The summed E-state index contributed by atoms with van der Waals surface area (Å²) in [6.07, 6.45) is 0.529. The Balaban J connectivity index is 1.76. The molecule has 1 aliphatic heterocycles. The Labute approximate surface area is 136 Å². The first-order chi connectivity index (χ1) is 10.6. The SMILES string of the molecule is Cc1ncsc1CNc1ccccc1N1C[C@@H](C)O[C@@H](C)C1. The zero-order chi connectivity index (χ0) is 15.5. The first-order valence-corrected chi connectivity index (χ1v) is 8.63. The molecule has 0 unspecified atom stereocenters. The van der Waals surface area contributed by atoms with Gasteiger partial charge in [-0.25, -0.2) is 4.98 Å². The lowest BCUT2D eigenvalue weighted by Gasteiger charge is -2.37. The van der Waals surface area contributed by atoms with Crippen LogP contribution in [0, 0.1) is 6.92 Å². The lowest BCUT2D eigenvalue weighted by atomic mass is 10.1. The molecule has 22 heavy (non-hydrogen) atoms. The summed E-state index contributed by atoms with van der Waals surface area (Å²) in [7, 11) is 0. The average Bonchev–Trinajstić information content (AvgIpc) is 2.90. The fraction of sp³-hybridized carbons (Fsp3) is 0.471. The van der Waals surface area contributed by atoms with E-state index in [4.69, 9.17) is 4.74 Å². The molecule has 5 heteroatoms. The zero-order valence-corrected chi connectivity index (χ0v) is 14.2. The summed E-state index contributed by atoms with van der Waals surface area (Å²) in [4.78, 5) is 8.02. The predicted molar refractivity (Wildman–Crippen MR) is 92.8 cm³/mol. The number of benzene rings is 1. The molecule has 2 atom stereocenters. The van der Waals surface area contributed by atoms with E-state index < -0.39 is 0 Å². The summed E-state index contributed by atoms with van der Waals surface area (Å²) in [5, 5.41) is 3.57. The number of nitrogens with zero attached hydrogens (tertiary/aromatic N) is 2. The minimum Gasteiger partial charge on any atom is -0.378 e.